The average Bonchev–Trinajstić information content (AvgIpc) is 2.96. The molecular formula is C13H18BrNO2. The van der Waals surface area contributed by atoms with E-state index >= 15 is 0 Å². The molecule has 0 spiro atoms. The van der Waals surface area contributed by atoms with E-state index in [-0.39, 0.29) is 5.91 Å². The quantitative estimate of drug-likeness (QED) is 0.868. The first kappa shape index (κ1) is 12.7. The van der Waals surface area contributed by atoms with Crippen molar-refractivity contribution >= 4 is 21.8 Å². The molecule has 1 aromatic rings. The Morgan fingerprint density at radius 2 is 2.41 bits per heavy atom. The first-order valence-corrected chi connectivity index (χ1v) is 7.31. The highest BCUT2D eigenvalue weighted by Crippen LogP contribution is 2.27. The van der Waals surface area contributed by atoms with Crippen molar-refractivity contribution in [1.82, 2.24) is 5.32 Å². The van der Waals surface area contributed by atoms with Gasteiger partial charge >= 0.3 is 0 Å². The van der Waals surface area contributed by atoms with Crippen LogP contribution in [-0.2, 0) is 6.42 Å². The summed E-state index contributed by atoms with van der Waals surface area (Å²) in [4.78, 5) is 12.1. The van der Waals surface area contributed by atoms with Crippen molar-refractivity contribution < 1.29 is 9.21 Å². The summed E-state index contributed by atoms with van der Waals surface area (Å²) in [5, 5.41) is 4.09. The second-order valence-electron chi connectivity index (χ2n) is 4.54. The minimum absolute atomic E-state index is 0.00782. The zero-order valence-corrected chi connectivity index (χ0v) is 11.6. The van der Waals surface area contributed by atoms with E-state index in [4.69, 9.17) is 4.42 Å². The van der Waals surface area contributed by atoms with E-state index in [1.54, 1.807) is 12.3 Å². The first-order valence-electron chi connectivity index (χ1n) is 6.19. The third-order valence-electron chi connectivity index (χ3n) is 3.48. The second-order valence-corrected chi connectivity index (χ2v) is 5.18. The molecule has 0 aromatic carbocycles. The lowest BCUT2D eigenvalue weighted by Gasteiger charge is -2.18. The van der Waals surface area contributed by atoms with Crippen LogP contribution in [-0.4, -0.2) is 17.3 Å². The highest BCUT2D eigenvalue weighted by molar-refractivity contribution is 9.09. The molecule has 1 aromatic heterocycles. The molecule has 1 aliphatic carbocycles. The lowest BCUT2D eigenvalue weighted by Crippen LogP contribution is -2.38. The third kappa shape index (κ3) is 2.73. The molecule has 1 saturated carbocycles. The molecule has 1 amide bonds. The van der Waals surface area contributed by atoms with Crippen LogP contribution in [0.15, 0.2) is 16.7 Å². The topological polar surface area (TPSA) is 42.2 Å². The summed E-state index contributed by atoms with van der Waals surface area (Å²) >= 11 is 3.51. The number of halogens is 1. The summed E-state index contributed by atoms with van der Waals surface area (Å²) < 4.78 is 5.28. The van der Waals surface area contributed by atoms with E-state index in [0.29, 0.717) is 17.5 Å². The lowest BCUT2D eigenvalue weighted by atomic mass is 10.1. The van der Waals surface area contributed by atoms with Crippen LogP contribution >= 0.6 is 15.9 Å². The monoisotopic (exact) mass is 299 g/mol. The van der Waals surface area contributed by atoms with Crippen molar-refractivity contribution in [3.63, 3.8) is 0 Å². The van der Waals surface area contributed by atoms with Gasteiger partial charge in [-0.1, -0.05) is 29.3 Å². The van der Waals surface area contributed by atoms with Gasteiger partial charge in [0.2, 0.25) is 0 Å². The fraction of sp³-hybridized carbons (Fsp3) is 0.615. The van der Waals surface area contributed by atoms with E-state index in [1.165, 1.54) is 12.8 Å². The smallest absolute Gasteiger partial charge is 0.255 e. The Morgan fingerprint density at radius 1 is 1.59 bits per heavy atom. The fourth-order valence-corrected chi connectivity index (χ4v) is 3.25. The summed E-state index contributed by atoms with van der Waals surface area (Å²) in [7, 11) is 0. The molecule has 2 atom stereocenters. The Labute approximate surface area is 110 Å². The zero-order chi connectivity index (χ0) is 12.3. The molecule has 1 aliphatic rings. The zero-order valence-electron chi connectivity index (χ0n) is 10.0. The highest BCUT2D eigenvalue weighted by Gasteiger charge is 2.28. The number of hydrogen-bond donors (Lipinski definition) is 1. The fourth-order valence-electron chi connectivity index (χ4n) is 2.47. The molecule has 3 nitrogen and oxygen atoms in total. The van der Waals surface area contributed by atoms with Crippen molar-refractivity contribution in [1.29, 1.82) is 0 Å². The summed E-state index contributed by atoms with van der Waals surface area (Å²) in [5.41, 5.74) is 0.688. The maximum Gasteiger partial charge on any atom is 0.255 e. The average molecular weight is 300 g/mol. The maximum atomic E-state index is 12.1. The number of carbonyl (C=O) groups excluding carboxylic acids is 1. The van der Waals surface area contributed by atoms with Gasteiger partial charge in [-0.05, 0) is 24.8 Å². The van der Waals surface area contributed by atoms with Crippen molar-refractivity contribution in [2.24, 2.45) is 5.92 Å². The number of nitrogens with one attached hydrogen (secondary N) is 1. The van der Waals surface area contributed by atoms with Crippen LogP contribution in [0.1, 0.15) is 42.3 Å². The van der Waals surface area contributed by atoms with Gasteiger partial charge in [-0.15, -0.1) is 0 Å². The Kier molecular flexibility index (Phi) is 4.26. The number of alkyl halides is 1. The van der Waals surface area contributed by atoms with Gasteiger partial charge in [0.25, 0.3) is 5.91 Å². The van der Waals surface area contributed by atoms with Crippen molar-refractivity contribution in [3.8, 4) is 0 Å². The molecule has 4 heteroatoms. The van der Waals surface area contributed by atoms with Gasteiger partial charge in [-0.25, -0.2) is 0 Å². The molecule has 1 N–H and O–H groups in total. The Balaban J connectivity index is 2.01. The molecule has 2 unspecified atom stereocenters. The molecule has 17 heavy (non-hydrogen) atoms. The predicted octanol–water partition coefficient (Wildman–Crippen LogP) is 3.14. The minimum atomic E-state index is 0.00782. The van der Waals surface area contributed by atoms with E-state index < -0.39 is 0 Å². The summed E-state index contributed by atoms with van der Waals surface area (Å²) in [6.45, 7) is 1.99. The number of amides is 1. The van der Waals surface area contributed by atoms with Gasteiger partial charge in [-0.3, -0.25) is 4.79 Å². The Hall–Kier alpha value is -0.770. The Morgan fingerprint density at radius 3 is 3.12 bits per heavy atom. The van der Waals surface area contributed by atoms with Crippen LogP contribution in [0.3, 0.4) is 0 Å². The second kappa shape index (κ2) is 5.71. The van der Waals surface area contributed by atoms with Gasteiger partial charge in [0.05, 0.1) is 11.8 Å². The van der Waals surface area contributed by atoms with Gasteiger partial charge in [0.15, 0.2) is 0 Å². The van der Waals surface area contributed by atoms with Crippen molar-refractivity contribution in [3.05, 3.63) is 23.7 Å². The molecule has 1 heterocycles. The Bertz CT molecular complexity index is 389. The van der Waals surface area contributed by atoms with E-state index in [0.717, 1.165) is 23.9 Å². The highest BCUT2D eigenvalue weighted by atomic mass is 79.9. The largest absolute Gasteiger partial charge is 0.469 e. The molecule has 0 bridgehead atoms. The van der Waals surface area contributed by atoms with Gasteiger partial charge in [0, 0.05) is 17.8 Å². The van der Waals surface area contributed by atoms with Crippen LogP contribution in [0.4, 0.5) is 0 Å². The van der Waals surface area contributed by atoms with Crippen LogP contribution in [0.2, 0.25) is 0 Å². The number of hydrogen-bond acceptors (Lipinski definition) is 2. The van der Waals surface area contributed by atoms with Crippen LogP contribution in [0, 0.1) is 5.92 Å². The maximum absolute atomic E-state index is 12.1. The molecular weight excluding hydrogens is 282 g/mol. The number of furan rings is 1. The standard InChI is InChI=1S/C13H18BrNO2/c1-2-12-10(6-7-17-12)13(16)15-11-5-3-4-9(11)8-14/h6-7,9,11H,2-5,8H2,1H3,(H,15,16). The summed E-state index contributed by atoms with van der Waals surface area (Å²) in [5.74, 6) is 1.35. The van der Waals surface area contributed by atoms with Crippen molar-refractivity contribution in [2.75, 3.05) is 5.33 Å². The third-order valence-corrected chi connectivity index (χ3v) is 4.32. The van der Waals surface area contributed by atoms with E-state index in [9.17, 15) is 4.79 Å². The normalized spacial score (nSPS) is 23.9. The lowest BCUT2D eigenvalue weighted by molar-refractivity contribution is 0.0928. The molecule has 0 radical (unpaired) electrons. The summed E-state index contributed by atoms with van der Waals surface area (Å²) in [6.07, 6.45) is 5.82. The predicted molar refractivity (Wildman–Crippen MR) is 70.5 cm³/mol. The number of aryl methyl sites for hydroxylation is 1. The summed E-state index contributed by atoms with van der Waals surface area (Å²) in [6, 6.07) is 2.06. The molecule has 94 valence electrons. The van der Waals surface area contributed by atoms with Gasteiger partial charge in [0.1, 0.15) is 5.76 Å². The van der Waals surface area contributed by atoms with Crippen LogP contribution in [0.25, 0.3) is 0 Å². The van der Waals surface area contributed by atoms with Crippen LogP contribution in [0.5, 0.6) is 0 Å². The molecule has 1 fully saturated rings. The van der Waals surface area contributed by atoms with Gasteiger partial charge < -0.3 is 9.73 Å². The number of rotatable bonds is 4. The van der Waals surface area contributed by atoms with E-state index in [1.807, 2.05) is 6.92 Å². The van der Waals surface area contributed by atoms with Crippen molar-refractivity contribution in [2.45, 2.75) is 38.6 Å². The molecule has 2 rings (SSSR count). The molecule has 0 aliphatic heterocycles. The first-order chi connectivity index (χ1) is 8.26. The SMILES string of the molecule is CCc1occc1C(=O)NC1CCCC1CBr. The number of carbonyl (C=O) groups is 1. The van der Waals surface area contributed by atoms with Gasteiger partial charge in [-0.2, -0.15) is 0 Å². The van der Waals surface area contributed by atoms with E-state index in [2.05, 4.69) is 21.2 Å². The molecule has 0 saturated heterocycles. The minimum Gasteiger partial charge on any atom is -0.469 e. The van der Waals surface area contributed by atoms with Crippen LogP contribution < -0.4 is 5.32 Å².